The summed E-state index contributed by atoms with van der Waals surface area (Å²) < 4.78 is 0. The predicted molar refractivity (Wildman–Crippen MR) is 101 cm³/mol. The number of rotatable bonds is 2. The summed E-state index contributed by atoms with van der Waals surface area (Å²) >= 11 is 0. The Morgan fingerprint density at radius 2 is 1.89 bits per heavy atom. The van der Waals surface area contributed by atoms with Gasteiger partial charge in [0.05, 0.1) is 11.6 Å². The van der Waals surface area contributed by atoms with Crippen molar-refractivity contribution in [2.75, 3.05) is 33.2 Å². The second-order valence-corrected chi connectivity index (χ2v) is 8.17. The van der Waals surface area contributed by atoms with Crippen molar-refractivity contribution in [3.8, 4) is 0 Å². The molecule has 0 radical (unpaired) electrons. The predicted octanol–water partition coefficient (Wildman–Crippen LogP) is 0.566. The third-order valence-electron chi connectivity index (χ3n) is 6.26. The summed E-state index contributed by atoms with van der Waals surface area (Å²) in [7, 11) is 1.75. The molecule has 0 aromatic carbocycles. The van der Waals surface area contributed by atoms with Gasteiger partial charge in [-0.05, 0) is 12.8 Å². The molecule has 0 aliphatic carbocycles. The molecule has 4 heterocycles. The normalized spacial score (nSPS) is 23.1. The number of piperidine rings is 1. The van der Waals surface area contributed by atoms with Crippen LogP contribution in [0.25, 0.3) is 0 Å². The number of fused-ring (bicyclic) bond motifs is 1. The van der Waals surface area contributed by atoms with Crippen LogP contribution in [0.4, 0.5) is 0 Å². The topological polar surface area (TPSA) is 86.7 Å². The maximum atomic E-state index is 12.8. The van der Waals surface area contributed by atoms with Crippen molar-refractivity contribution >= 4 is 17.7 Å². The first-order valence-electron chi connectivity index (χ1n) is 10.1. The number of amides is 3. The van der Waals surface area contributed by atoms with E-state index in [9.17, 15) is 14.4 Å². The van der Waals surface area contributed by atoms with E-state index in [-0.39, 0.29) is 23.6 Å². The van der Waals surface area contributed by atoms with E-state index in [0.29, 0.717) is 32.0 Å². The highest BCUT2D eigenvalue weighted by Crippen LogP contribution is 2.28. The Morgan fingerprint density at radius 3 is 2.54 bits per heavy atom. The van der Waals surface area contributed by atoms with Crippen LogP contribution >= 0.6 is 0 Å². The Labute approximate surface area is 164 Å². The van der Waals surface area contributed by atoms with Gasteiger partial charge < -0.3 is 14.7 Å². The molecule has 3 aliphatic heterocycles. The van der Waals surface area contributed by atoms with Crippen LogP contribution in [-0.2, 0) is 27.3 Å². The molecule has 1 aromatic rings. The van der Waals surface area contributed by atoms with Crippen molar-refractivity contribution in [2.45, 2.75) is 45.1 Å². The van der Waals surface area contributed by atoms with Gasteiger partial charge >= 0.3 is 0 Å². The fourth-order valence-corrected chi connectivity index (χ4v) is 4.46. The first-order valence-corrected chi connectivity index (χ1v) is 10.1. The highest BCUT2D eigenvalue weighted by atomic mass is 16.2. The van der Waals surface area contributed by atoms with Crippen LogP contribution in [0.2, 0.25) is 0 Å². The van der Waals surface area contributed by atoms with Crippen LogP contribution in [0, 0.1) is 5.92 Å². The molecular formula is C20H27N5O3. The summed E-state index contributed by atoms with van der Waals surface area (Å²) in [5.41, 5.74) is 2.03. The quantitative estimate of drug-likeness (QED) is 0.743. The molecule has 8 heteroatoms. The van der Waals surface area contributed by atoms with Gasteiger partial charge in [-0.25, -0.2) is 9.97 Å². The molecule has 3 amide bonds. The summed E-state index contributed by atoms with van der Waals surface area (Å²) in [4.78, 5) is 50.7. The van der Waals surface area contributed by atoms with Crippen molar-refractivity contribution in [2.24, 2.45) is 5.92 Å². The molecule has 8 nitrogen and oxygen atoms in total. The second kappa shape index (κ2) is 7.48. The molecule has 0 bridgehead atoms. The number of carbonyl (C=O) groups excluding carboxylic acids is 3. The molecule has 28 heavy (non-hydrogen) atoms. The standard InChI is InChI=1S/C20H27N5O3/c1-13(26)24-6-3-14(4-7-24)19-21-10-16-12-25(8-5-17(16)22-19)20(28)15-9-18(27)23(2)11-15/h10,14-15H,3-9,11-12H2,1-2H3. The van der Waals surface area contributed by atoms with Gasteiger partial charge in [-0.2, -0.15) is 0 Å². The number of carbonyl (C=O) groups is 3. The molecule has 1 atom stereocenters. The first-order chi connectivity index (χ1) is 13.4. The Hall–Kier alpha value is -2.51. The lowest BCUT2D eigenvalue weighted by molar-refractivity contribution is -0.136. The van der Waals surface area contributed by atoms with Gasteiger partial charge in [0.1, 0.15) is 5.82 Å². The number of hydrogen-bond donors (Lipinski definition) is 0. The molecule has 2 fully saturated rings. The Kier molecular flexibility index (Phi) is 5.03. The van der Waals surface area contributed by atoms with Crippen LogP contribution in [0.1, 0.15) is 49.2 Å². The van der Waals surface area contributed by atoms with Crippen molar-refractivity contribution in [1.29, 1.82) is 0 Å². The minimum absolute atomic E-state index is 0.0413. The average Bonchev–Trinajstić information content (AvgIpc) is 3.05. The van der Waals surface area contributed by atoms with Gasteiger partial charge in [-0.15, -0.1) is 0 Å². The zero-order chi connectivity index (χ0) is 19.8. The molecule has 1 unspecified atom stereocenters. The zero-order valence-electron chi connectivity index (χ0n) is 16.6. The van der Waals surface area contributed by atoms with Crippen LogP contribution in [0.5, 0.6) is 0 Å². The smallest absolute Gasteiger partial charge is 0.228 e. The van der Waals surface area contributed by atoms with Gasteiger partial charge in [-0.1, -0.05) is 0 Å². The average molecular weight is 385 g/mol. The molecule has 2 saturated heterocycles. The van der Waals surface area contributed by atoms with E-state index in [0.717, 1.165) is 49.4 Å². The molecule has 0 spiro atoms. The summed E-state index contributed by atoms with van der Waals surface area (Å²) in [5.74, 6) is 1.16. The van der Waals surface area contributed by atoms with Crippen LogP contribution in [0.3, 0.4) is 0 Å². The van der Waals surface area contributed by atoms with E-state index in [4.69, 9.17) is 4.98 Å². The number of nitrogens with zero attached hydrogens (tertiary/aromatic N) is 5. The molecular weight excluding hydrogens is 358 g/mol. The molecule has 150 valence electrons. The fourth-order valence-electron chi connectivity index (χ4n) is 4.46. The van der Waals surface area contributed by atoms with E-state index < -0.39 is 0 Å². The first kappa shape index (κ1) is 18.8. The summed E-state index contributed by atoms with van der Waals surface area (Å²) in [5, 5.41) is 0. The van der Waals surface area contributed by atoms with Gasteiger partial charge in [0.25, 0.3) is 0 Å². The largest absolute Gasteiger partial charge is 0.345 e. The zero-order valence-corrected chi connectivity index (χ0v) is 16.6. The van der Waals surface area contributed by atoms with Crippen molar-refractivity contribution in [1.82, 2.24) is 24.7 Å². The lowest BCUT2D eigenvalue weighted by Crippen LogP contribution is -2.41. The van der Waals surface area contributed by atoms with Gasteiger partial charge in [0.15, 0.2) is 0 Å². The van der Waals surface area contributed by atoms with Crippen molar-refractivity contribution in [3.63, 3.8) is 0 Å². The van der Waals surface area contributed by atoms with Crippen molar-refractivity contribution in [3.05, 3.63) is 23.3 Å². The van der Waals surface area contributed by atoms with E-state index in [2.05, 4.69) is 4.98 Å². The molecule has 3 aliphatic rings. The van der Waals surface area contributed by atoms with E-state index in [1.807, 2.05) is 16.0 Å². The third-order valence-corrected chi connectivity index (χ3v) is 6.26. The number of hydrogen-bond acceptors (Lipinski definition) is 5. The summed E-state index contributed by atoms with van der Waals surface area (Å²) in [6.45, 7) is 4.80. The van der Waals surface area contributed by atoms with Crippen LogP contribution in [0.15, 0.2) is 6.20 Å². The number of aromatic nitrogens is 2. The minimum Gasteiger partial charge on any atom is -0.345 e. The highest BCUT2D eigenvalue weighted by Gasteiger charge is 2.36. The van der Waals surface area contributed by atoms with E-state index >= 15 is 0 Å². The maximum absolute atomic E-state index is 12.8. The Balaban J connectivity index is 1.40. The lowest BCUT2D eigenvalue weighted by atomic mass is 9.95. The van der Waals surface area contributed by atoms with Gasteiger partial charge in [0, 0.05) is 77.2 Å². The monoisotopic (exact) mass is 385 g/mol. The van der Waals surface area contributed by atoms with E-state index in [1.165, 1.54) is 0 Å². The summed E-state index contributed by atoms with van der Waals surface area (Å²) in [6, 6.07) is 0. The second-order valence-electron chi connectivity index (χ2n) is 8.17. The van der Waals surface area contributed by atoms with Crippen molar-refractivity contribution < 1.29 is 14.4 Å². The third kappa shape index (κ3) is 3.59. The van der Waals surface area contributed by atoms with Gasteiger partial charge in [0.2, 0.25) is 17.7 Å². The molecule has 0 N–H and O–H groups in total. The lowest BCUT2D eigenvalue weighted by Gasteiger charge is -2.32. The van der Waals surface area contributed by atoms with Crippen LogP contribution in [-0.4, -0.2) is 75.6 Å². The number of likely N-dealkylation sites (tertiary alicyclic amines) is 2. The SMILES string of the molecule is CC(=O)N1CCC(c2ncc3c(n2)CCN(C(=O)C2CC(=O)N(C)C2)C3)CC1. The Morgan fingerprint density at radius 1 is 1.14 bits per heavy atom. The summed E-state index contributed by atoms with van der Waals surface area (Å²) in [6.07, 6.45) is 4.69. The molecule has 1 aromatic heterocycles. The van der Waals surface area contributed by atoms with E-state index in [1.54, 1.807) is 18.9 Å². The fraction of sp³-hybridized carbons (Fsp3) is 0.650. The minimum atomic E-state index is -0.231. The van der Waals surface area contributed by atoms with Gasteiger partial charge in [-0.3, -0.25) is 14.4 Å². The van der Waals surface area contributed by atoms with Crippen LogP contribution < -0.4 is 0 Å². The highest BCUT2D eigenvalue weighted by molar-refractivity contribution is 5.89. The molecule has 0 saturated carbocycles. The maximum Gasteiger partial charge on any atom is 0.228 e. The molecule has 4 rings (SSSR count). The Bertz CT molecular complexity index is 803.